The third-order valence-corrected chi connectivity index (χ3v) is 3.41. The van der Waals surface area contributed by atoms with Crippen LogP contribution >= 0.6 is 12.4 Å². The lowest BCUT2D eigenvalue weighted by molar-refractivity contribution is 0.324. The second kappa shape index (κ2) is 8.93. The molecular weight excluding hydrogens is 330 g/mol. The van der Waals surface area contributed by atoms with E-state index in [9.17, 15) is 0 Å². The maximum atomic E-state index is 5.91. The summed E-state index contributed by atoms with van der Waals surface area (Å²) >= 11 is 0. The number of nitrogen functional groups attached to an aromatic ring is 1. The molecule has 2 aromatic carbocycles. The highest BCUT2D eigenvalue weighted by Crippen LogP contribution is 2.38. The molecule has 5 nitrogen and oxygen atoms in total. The van der Waals surface area contributed by atoms with E-state index in [0.29, 0.717) is 28.7 Å². The fraction of sp³-hybridized carbons (Fsp3) is 0.222. The Balaban J connectivity index is 0.00000288. The normalized spacial score (nSPS) is 10.2. The molecule has 2 N–H and O–H groups in total. The summed E-state index contributed by atoms with van der Waals surface area (Å²) in [6.45, 7) is 0. The number of methoxy groups -OCH3 is 4. The highest BCUT2D eigenvalue weighted by atomic mass is 35.5. The van der Waals surface area contributed by atoms with Crippen LogP contribution in [0.3, 0.4) is 0 Å². The molecule has 6 heteroatoms. The zero-order chi connectivity index (χ0) is 16.8. The van der Waals surface area contributed by atoms with E-state index >= 15 is 0 Å². The predicted molar refractivity (Wildman–Crippen MR) is 99.7 cm³/mol. The largest absolute Gasteiger partial charge is 0.495 e. The molecule has 0 bridgehead atoms. The van der Waals surface area contributed by atoms with Crippen LogP contribution in [0.15, 0.2) is 30.3 Å². The van der Waals surface area contributed by atoms with E-state index in [4.69, 9.17) is 24.7 Å². The highest BCUT2D eigenvalue weighted by molar-refractivity contribution is 5.85. The maximum Gasteiger partial charge on any atom is 0.203 e. The summed E-state index contributed by atoms with van der Waals surface area (Å²) in [6.07, 6.45) is 3.90. The van der Waals surface area contributed by atoms with Crippen molar-refractivity contribution in [2.24, 2.45) is 0 Å². The van der Waals surface area contributed by atoms with Crippen molar-refractivity contribution < 1.29 is 18.9 Å². The van der Waals surface area contributed by atoms with Crippen molar-refractivity contribution in [3.8, 4) is 23.0 Å². The van der Waals surface area contributed by atoms with E-state index in [1.54, 1.807) is 28.4 Å². The summed E-state index contributed by atoms with van der Waals surface area (Å²) in [5.74, 6) is 2.46. The first-order valence-electron chi connectivity index (χ1n) is 7.04. The summed E-state index contributed by atoms with van der Waals surface area (Å²) in [5.41, 5.74) is 8.41. The lowest BCUT2D eigenvalue weighted by Gasteiger charge is -2.12. The molecule has 0 saturated carbocycles. The van der Waals surface area contributed by atoms with Gasteiger partial charge in [0, 0.05) is 0 Å². The Hall–Kier alpha value is -2.53. The molecule has 0 atom stereocenters. The van der Waals surface area contributed by atoms with Gasteiger partial charge in [0.15, 0.2) is 11.5 Å². The van der Waals surface area contributed by atoms with Crippen LogP contribution in [0.5, 0.6) is 23.0 Å². The average molecular weight is 352 g/mol. The Morgan fingerprint density at radius 1 is 0.708 bits per heavy atom. The fourth-order valence-electron chi connectivity index (χ4n) is 2.25. The van der Waals surface area contributed by atoms with Gasteiger partial charge in [-0.2, -0.15) is 0 Å². The number of rotatable bonds is 6. The molecule has 0 spiro atoms. The van der Waals surface area contributed by atoms with E-state index in [1.807, 2.05) is 42.5 Å². The smallest absolute Gasteiger partial charge is 0.203 e. The summed E-state index contributed by atoms with van der Waals surface area (Å²) in [5, 5.41) is 0. The molecular formula is C18H22ClNO4. The van der Waals surface area contributed by atoms with Crippen LogP contribution in [0, 0.1) is 0 Å². The summed E-state index contributed by atoms with van der Waals surface area (Å²) in [7, 11) is 6.36. The molecule has 2 rings (SSSR count). The highest BCUT2D eigenvalue weighted by Gasteiger charge is 2.11. The van der Waals surface area contributed by atoms with Crippen LogP contribution in [-0.2, 0) is 0 Å². The fourth-order valence-corrected chi connectivity index (χ4v) is 2.25. The van der Waals surface area contributed by atoms with Gasteiger partial charge in [0.1, 0.15) is 5.75 Å². The van der Waals surface area contributed by atoms with Crippen LogP contribution < -0.4 is 24.7 Å². The van der Waals surface area contributed by atoms with Crippen molar-refractivity contribution in [1.29, 1.82) is 0 Å². The van der Waals surface area contributed by atoms with Gasteiger partial charge in [-0.3, -0.25) is 0 Å². The number of anilines is 1. The third kappa shape index (κ3) is 4.26. The zero-order valence-electron chi connectivity index (χ0n) is 14.2. The molecule has 0 unspecified atom stereocenters. The second-order valence-electron chi connectivity index (χ2n) is 4.79. The van der Waals surface area contributed by atoms with Gasteiger partial charge in [0.25, 0.3) is 0 Å². The number of ether oxygens (including phenoxy) is 4. The molecule has 130 valence electrons. The first-order chi connectivity index (χ1) is 11.1. The minimum atomic E-state index is 0. The predicted octanol–water partition coefficient (Wildman–Crippen LogP) is 3.90. The van der Waals surface area contributed by atoms with Gasteiger partial charge in [-0.1, -0.05) is 18.2 Å². The SMILES string of the molecule is COc1ccc(/C=C/c2cc(OC)c(OC)c(OC)c2)cc1N.Cl. The van der Waals surface area contributed by atoms with Crippen LogP contribution in [0.4, 0.5) is 5.69 Å². The van der Waals surface area contributed by atoms with Crippen molar-refractivity contribution in [3.05, 3.63) is 41.5 Å². The first kappa shape index (κ1) is 19.5. The molecule has 0 amide bonds. The second-order valence-corrected chi connectivity index (χ2v) is 4.79. The van der Waals surface area contributed by atoms with Crippen LogP contribution in [0.2, 0.25) is 0 Å². The summed E-state index contributed by atoms with van der Waals surface area (Å²) in [6, 6.07) is 9.39. The Bertz CT molecular complexity index is 691. The zero-order valence-corrected chi connectivity index (χ0v) is 15.0. The molecule has 2 aromatic rings. The van der Waals surface area contributed by atoms with Crippen molar-refractivity contribution in [3.63, 3.8) is 0 Å². The van der Waals surface area contributed by atoms with Crippen molar-refractivity contribution in [2.75, 3.05) is 34.2 Å². The molecule has 0 aliphatic heterocycles. The van der Waals surface area contributed by atoms with Crippen molar-refractivity contribution >= 4 is 30.2 Å². The van der Waals surface area contributed by atoms with Gasteiger partial charge >= 0.3 is 0 Å². The molecule has 0 heterocycles. The van der Waals surface area contributed by atoms with E-state index in [-0.39, 0.29) is 12.4 Å². The minimum Gasteiger partial charge on any atom is -0.495 e. The minimum absolute atomic E-state index is 0. The quantitative estimate of drug-likeness (QED) is 0.631. The van der Waals surface area contributed by atoms with E-state index < -0.39 is 0 Å². The Labute approximate surface area is 148 Å². The average Bonchev–Trinajstić information content (AvgIpc) is 2.58. The van der Waals surface area contributed by atoms with Crippen LogP contribution in [-0.4, -0.2) is 28.4 Å². The maximum absolute atomic E-state index is 5.91. The van der Waals surface area contributed by atoms with Gasteiger partial charge in [-0.05, 0) is 35.4 Å². The molecule has 0 aromatic heterocycles. The molecule has 0 saturated heterocycles. The van der Waals surface area contributed by atoms with E-state index in [0.717, 1.165) is 11.1 Å². The summed E-state index contributed by atoms with van der Waals surface area (Å²) in [4.78, 5) is 0. The number of nitrogens with two attached hydrogens (primary N) is 1. The Kier molecular flexibility index (Phi) is 7.27. The molecule has 0 fully saturated rings. The third-order valence-electron chi connectivity index (χ3n) is 3.41. The molecule has 24 heavy (non-hydrogen) atoms. The van der Waals surface area contributed by atoms with Crippen molar-refractivity contribution in [1.82, 2.24) is 0 Å². The van der Waals surface area contributed by atoms with Crippen LogP contribution in [0.25, 0.3) is 12.2 Å². The standard InChI is InChI=1S/C18H21NO4.ClH/c1-20-15-8-7-12(9-14(15)19)5-6-13-10-16(21-2)18(23-4)17(11-13)22-3;/h5-11H,19H2,1-4H3;1H/b6-5+;. The molecule has 0 aliphatic carbocycles. The number of hydrogen-bond donors (Lipinski definition) is 1. The lowest BCUT2D eigenvalue weighted by Crippen LogP contribution is -1.95. The van der Waals surface area contributed by atoms with E-state index in [2.05, 4.69) is 0 Å². The monoisotopic (exact) mass is 351 g/mol. The van der Waals surface area contributed by atoms with Gasteiger partial charge in [0.2, 0.25) is 5.75 Å². The molecule has 0 radical (unpaired) electrons. The summed E-state index contributed by atoms with van der Waals surface area (Å²) < 4.78 is 21.2. The number of halogens is 1. The topological polar surface area (TPSA) is 62.9 Å². The van der Waals surface area contributed by atoms with Gasteiger partial charge in [0.05, 0.1) is 34.1 Å². The Morgan fingerprint density at radius 3 is 1.71 bits per heavy atom. The Morgan fingerprint density at radius 2 is 1.25 bits per heavy atom. The van der Waals surface area contributed by atoms with Gasteiger partial charge in [-0.25, -0.2) is 0 Å². The van der Waals surface area contributed by atoms with Crippen LogP contribution in [0.1, 0.15) is 11.1 Å². The molecule has 0 aliphatic rings. The number of benzene rings is 2. The first-order valence-corrected chi connectivity index (χ1v) is 7.04. The lowest BCUT2D eigenvalue weighted by atomic mass is 10.1. The van der Waals surface area contributed by atoms with Gasteiger partial charge in [-0.15, -0.1) is 12.4 Å². The van der Waals surface area contributed by atoms with E-state index in [1.165, 1.54) is 0 Å². The van der Waals surface area contributed by atoms with Crippen molar-refractivity contribution in [2.45, 2.75) is 0 Å². The van der Waals surface area contributed by atoms with Gasteiger partial charge < -0.3 is 24.7 Å². The number of hydrogen-bond acceptors (Lipinski definition) is 5.